The lowest BCUT2D eigenvalue weighted by molar-refractivity contribution is 0.459. The van der Waals surface area contributed by atoms with E-state index in [1.165, 1.54) is 0 Å². The number of benzene rings is 1. The number of aromatic nitrogens is 1. The van der Waals surface area contributed by atoms with Crippen LogP contribution in [0.15, 0.2) is 41.0 Å². The van der Waals surface area contributed by atoms with Gasteiger partial charge in [-0.05, 0) is 30.7 Å². The van der Waals surface area contributed by atoms with E-state index in [4.69, 9.17) is 15.9 Å². The van der Waals surface area contributed by atoms with Crippen LogP contribution in [0.5, 0.6) is 11.6 Å². The number of ether oxygens (including phenoxy) is 1. The van der Waals surface area contributed by atoms with E-state index in [1.807, 2.05) is 25.1 Å². The van der Waals surface area contributed by atoms with E-state index >= 15 is 0 Å². The summed E-state index contributed by atoms with van der Waals surface area (Å²) in [5.41, 5.74) is 7.02. The Labute approximate surface area is 113 Å². The third kappa shape index (κ3) is 2.87. The molecule has 2 rings (SSSR count). The van der Waals surface area contributed by atoms with Gasteiger partial charge in [0.05, 0.1) is 0 Å². The third-order valence-corrected chi connectivity index (χ3v) is 2.90. The fraction of sp³-hybridized carbons (Fsp3) is 0.0769. The van der Waals surface area contributed by atoms with Gasteiger partial charge in [-0.25, -0.2) is 4.98 Å². The molecule has 0 fully saturated rings. The van der Waals surface area contributed by atoms with Gasteiger partial charge >= 0.3 is 0 Å². The third-order valence-electron chi connectivity index (χ3n) is 2.41. The summed E-state index contributed by atoms with van der Waals surface area (Å²) in [6.45, 7) is 1.95. The minimum absolute atomic E-state index is 0.00628. The van der Waals surface area contributed by atoms with Gasteiger partial charge in [-0.3, -0.25) is 5.41 Å². The van der Waals surface area contributed by atoms with Crippen molar-refractivity contribution in [2.24, 2.45) is 5.73 Å². The van der Waals surface area contributed by atoms with E-state index < -0.39 is 0 Å². The average Bonchev–Trinajstić information content (AvgIpc) is 2.34. The number of nitrogen functional groups attached to an aromatic ring is 1. The van der Waals surface area contributed by atoms with Crippen molar-refractivity contribution in [2.45, 2.75) is 6.92 Å². The number of nitrogens with two attached hydrogens (primary N) is 1. The molecule has 4 nitrogen and oxygen atoms in total. The molecule has 1 heterocycles. The van der Waals surface area contributed by atoms with Gasteiger partial charge in [0, 0.05) is 22.3 Å². The van der Waals surface area contributed by atoms with Gasteiger partial charge in [-0.15, -0.1) is 0 Å². The first-order chi connectivity index (χ1) is 8.56. The second kappa shape index (κ2) is 5.18. The van der Waals surface area contributed by atoms with Gasteiger partial charge in [0.1, 0.15) is 11.6 Å². The van der Waals surface area contributed by atoms with Gasteiger partial charge in [-0.1, -0.05) is 22.0 Å². The van der Waals surface area contributed by atoms with Gasteiger partial charge in [0.2, 0.25) is 5.88 Å². The second-order valence-electron chi connectivity index (χ2n) is 3.81. The Balaban J connectivity index is 2.31. The first-order valence-electron chi connectivity index (χ1n) is 5.31. The second-order valence-corrected chi connectivity index (χ2v) is 4.72. The minimum Gasteiger partial charge on any atom is -0.439 e. The van der Waals surface area contributed by atoms with E-state index in [0.717, 1.165) is 15.8 Å². The van der Waals surface area contributed by atoms with Crippen LogP contribution in [-0.4, -0.2) is 10.8 Å². The Morgan fingerprint density at radius 1 is 1.33 bits per heavy atom. The zero-order chi connectivity index (χ0) is 13.1. The first kappa shape index (κ1) is 12.6. The quantitative estimate of drug-likeness (QED) is 0.675. The highest BCUT2D eigenvalue weighted by Crippen LogP contribution is 2.27. The maximum absolute atomic E-state index is 7.38. The molecule has 0 bridgehead atoms. The summed E-state index contributed by atoms with van der Waals surface area (Å²) in [5, 5.41) is 7.38. The molecule has 0 atom stereocenters. The zero-order valence-electron chi connectivity index (χ0n) is 9.77. The fourth-order valence-corrected chi connectivity index (χ4v) is 1.77. The molecule has 3 N–H and O–H groups in total. The molecule has 0 unspecified atom stereocenters. The van der Waals surface area contributed by atoms with Crippen LogP contribution < -0.4 is 10.5 Å². The van der Waals surface area contributed by atoms with Gasteiger partial charge in [0.15, 0.2) is 0 Å². The van der Waals surface area contributed by atoms with Crippen LogP contribution in [-0.2, 0) is 0 Å². The number of pyridine rings is 1. The molecule has 0 aliphatic rings. The standard InChI is InChI=1S/C13H12BrN3O/c1-8-2-3-10(14)7-11(8)18-12-6-9(13(15)16)4-5-17-12/h2-7H,1H3,(H3,15,16). The first-order valence-corrected chi connectivity index (χ1v) is 6.10. The normalized spacial score (nSPS) is 10.1. The van der Waals surface area contributed by atoms with Crippen molar-refractivity contribution >= 4 is 21.8 Å². The van der Waals surface area contributed by atoms with Crippen LogP contribution in [0.25, 0.3) is 0 Å². The molecule has 1 aromatic heterocycles. The van der Waals surface area contributed by atoms with Crippen LogP contribution in [0.1, 0.15) is 11.1 Å². The number of rotatable bonds is 3. The topological polar surface area (TPSA) is 72.0 Å². The van der Waals surface area contributed by atoms with E-state index in [2.05, 4.69) is 20.9 Å². The molecule has 0 radical (unpaired) electrons. The SMILES string of the molecule is Cc1ccc(Br)cc1Oc1cc(C(=N)N)ccn1. The van der Waals surface area contributed by atoms with E-state index in [1.54, 1.807) is 18.3 Å². The maximum atomic E-state index is 7.38. The smallest absolute Gasteiger partial charge is 0.219 e. The highest BCUT2D eigenvalue weighted by molar-refractivity contribution is 9.10. The average molecular weight is 306 g/mol. The van der Waals surface area contributed by atoms with Crippen LogP contribution in [0.3, 0.4) is 0 Å². The summed E-state index contributed by atoms with van der Waals surface area (Å²) in [7, 11) is 0. The Morgan fingerprint density at radius 3 is 2.83 bits per heavy atom. The molecular formula is C13H12BrN3O. The molecule has 2 aromatic rings. The summed E-state index contributed by atoms with van der Waals surface area (Å²) in [5.74, 6) is 1.13. The molecule has 0 aliphatic heterocycles. The monoisotopic (exact) mass is 305 g/mol. The minimum atomic E-state index is -0.00628. The van der Waals surface area contributed by atoms with Crippen molar-refractivity contribution in [3.05, 3.63) is 52.1 Å². The number of aryl methyl sites for hydroxylation is 1. The highest BCUT2D eigenvalue weighted by atomic mass is 79.9. The number of amidine groups is 1. The fourth-order valence-electron chi connectivity index (χ4n) is 1.43. The Hall–Kier alpha value is -1.88. The molecule has 0 saturated heterocycles. The molecule has 92 valence electrons. The van der Waals surface area contributed by atoms with Gasteiger partial charge in [-0.2, -0.15) is 0 Å². The van der Waals surface area contributed by atoms with Crippen molar-refractivity contribution in [3.8, 4) is 11.6 Å². The van der Waals surface area contributed by atoms with E-state index in [-0.39, 0.29) is 5.84 Å². The summed E-state index contributed by atoms with van der Waals surface area (Å²) in [6.07, 6.45) is 1.57. The number of hydrogen-bond acceptors (Lipinski definition) is 3. The maximum Gasteiger partial charge on any atom is 0.219 e. The molecular weight excluding hydrogens is 294 g/mol. The summed E-state index contributed by atoms with van der Waals surface area (Å²) < 4.78 is 6.62. The Bertz CT molecular complexity index is 599. The molecule has 0 amide bonds. The summed E-state index contributed by atoms with van der Waals surface area (Å²) >= 11 is 3.39. The van der Waals surface area contributed by atoms with E-state index in [9.17, 15) is 0 Å². The lowest BCUT2D eigenvalue weighted by Gasteiger charge is -2.09. The number of hydrogen-bond donors (Lipinski definition) is 2. The zero-order valence-corrected chi connectivity index (χ0v) is 11.4. The Kier molecular flexibility index (Phi) is 3.62. The van der Waals surface area contributed by atoms with Crippen LogP contribution in [0.2, 0.25) is 0 Å². The molecule has 0 spiro atoms. The van der Waals surface area contributed by atoms with Crippen LogP contribution in [0, 0.1) is 12.3 Å². The lowest BCUT2D eigenvalue weighted by atomic mass is 10.2. The number of halogens is 1. The lowest BCUT2D eigenvalue weighted by Crippen LogP contribution is -2.11. The van der Waals surface area contributed by atoms with Crippen molar-refractivity contribution < 1.29 is 4.74 Å². The van der Waals surface area contributed by atoms with Crippen molar-refractivity contribution in [1.82, 2.24) is 4.98 Å². The largest absolute Gasteiger partial charge is 0.439 e. The Morgan fingerprint density at radius 2 is 2.11 bits per heavy atom. The molecule has 1 aromatic carbocycles. The molecule has 18 heavy (non-hydrogen) atoms. The van der Waals surface area contributed by atoms with E-state index in [0.29, 0.717) is 11.4 Å². The number of nitrogens with zero attached hydrogens (tertiary/aromatic N) is 1. The van der Waals surface area contributed by atoms with Crippen LogP contribution in [0.4, 0.5) is 0 Å². The molecule has 5 heteroatoms. The summed E-state index contributed by atoms with van der Waals surface area (Å²) in [4.78, 5) is 4.10. The van der Waals surface area contributed by atoms with Gasteiger partial charge in [0.25, 0.3) is 0 Å². The van der Waals surface area contributed by atoms with Crippen molar-refractivity contribution in [1.29, 1.82) is 5.41 Å². The van der Waals surface area contributed by atoms with Gasteiger partial charge < -0.3 is 10.5 Å². The molecule has 0 saturated carbocycles. The molecule has 0 aliphatic carbocycles. The van der Waals surface area contributed by atoms with Crippen molar-refractivity contribution in [3.63, 3.8) is 0 Å². The number of nitrogens with one attached hydrogen (secondary N) is 1. The van der Waals surface area contributed by atoms with Crippen LogP contribution >= 0.6 is 15.9 Å². The highest BCUT2D eigenvalue weighted by Gasteiger charge is 2.05. The summed E-state index contributed by atoms with van der Waals surface area (Å²) in [6, 6.07) is 9.08. The van der Waals surface area contributed by atoms with Crippen molar-refractivity contribution in [2.75, 3.05) is 0 Å². The predicted octanol–water partition coefficient (Wildman–Crippen LogP) is 3.23. The predicted molar refractivity (Wildman–Crippen MR) is 74.2 cm³/mol.